The lowest BCUT2D eigenvalue weighted by atomic mass is 10.3. The number of thioether (sulfide) groups is 1. The first-order valence-electron chi connectivity index (χ1n) is 6.74. The molecule has 120 valence electrons. The Morgan fingerprint density at radius 3 is 2.39 bits per heavy atom. The summed E-state index contributed by atoms with van der Waals surface area (Å²) in [5.74, 6) is 3.37. The van der Waals surface area contributed by atoms with E-state index >= 15 is 0 Å². The van der Waals surface area contributed by atoms with Crippen LogP contribution in [0.25, 0.3) is 0 Å². The molecule has 0 N–H and O–H groups in total. The second kappa shape index (κ2) is 7.14. The van der Waals surface area contributed by atoms with Crippen molar-refractivity contribution in [3.8, 4) is 11.5 Å². The maximum atomic E-state index is 5.57. The number of hydrogen-bond donors (Lipinski definition) is 0. The quantitative estimate of drug-likeness (QED) is 0.604. The van der Waals surface area contributed by atoms with Crippen LogP contribution in [-0.4, -0.2) is 27.5 Å². The van der Waals surface area contributed by atoms with Crippen LogP contribution >= 0.6 is 11.8 Å². The minimum absolute atomic E-state index is 0.194. The number of hydrogen-bond acceptors (Lipinski definition) is 9. The van der Waals surface area contributed by atoms with Gasteiger partial charge in [-0.05, 0) is 24.3 Å². The van der Waals surface area contributed by atoms with Crippen LogP contribution in [0.15, 0.2) is 38.3 Å². The summed E-state index contributed by atoms with van der Waals surface area (Å²) in [5, 5.41) is 15.9. The maximum Gasteiger partial charge on any atom is 0.277 e. The molecular formula is C14H14N4O4S. The number of ether oxygens (including phenoxy) is 2. The van der Waals surface area contributed by atoms with Gasteiger partial charge in [-0.25, -0.2) is 0 Å². The monoisotopic (exact) mass is 334 g/mol. The summed E-state index contributed by atoms with van der Waals surface area (Å²) < 4.78 is 21.4. The molecule has 8 nitrogen and oxygen atoms in total. The topological polar surface area (TPSA) is 96.3 Å². The normalized spacial score (nSPS) is 10.7. The van der Waals surface area contributed by atoms with Gasteiger partial charge >= 0.3 is 0 Å². The van der Waals surface area contributed by atoms with Crippen molar-refractivity contribution < 1.29 is 18.3 Å². The summed E-state index contributed by atoms with van der Waals surface area (Å²) in [6.07, 6.45) is 0. The van der Waals surface area contributed by atoms with Crippen LogP contribution in [0.3, 0.4) is 0 Å². The van der Waals surface area contributed by atoms with Gasteiger partial charge in [-0.2, -0.15) is 0 Å². The first-order valence-corrected chi connectivity index (χ1v) is 7.72. The van der Waals surface area contributed by atoms with E-state index in [-0.39, 0.29) is 6.61 Å². The number of nitrogens with zero attached hydrogens (tertiary/aromatic N) is 4. The molecule has 23 heavy (non-hydrogen) atoms. The predicted molar refractivity (Wildman–Crippen MR) is 80.2 cm³/mol. The van der Waals surface area contributed by atoms with Crippen molar-refractivity contribution in [1.29, 1.82) is 0 Å². The summed E-state index contributed by atoms with van der Waals surface area (Å²) in [5.41, 5.74) is 0. The van der Waals surface area contributed by atoms with Gasteiger partial charge in [-0.3, -0.25) is 0 Å². The van der Waals surface area contributed by atoms with Gasteiger partial charge in [-0.15, -0.1) is 20.4 Å². The molecule has 0 aliphatic rings. The Morgan fingerprint density at radius 2 is 1.70 bits per heavy atom. The fraction of sp³-hybridized carbons (Fsp3) is 0.286. The predicted octanol–water partition coefficient (Wildman–Crippen LogP) is 2.64. The Morgan fingerprint density at radius 1 is 0.957 bits per heavy atom. The SMILES string of the molecule is COc1ccc(OCc2nnc(SCc3nnc(C)o3)o2)cc1. The smallest absolute Gasteiger partial charge is 0.277 e. The molecule has 0 unspecified atom stereocenters. The average molecular weight is 334 g/mol. The van der Waals surface area contributed by atoms with E-state index in [2.05, 4.69) is 20.4 Å². The molecule has 0 saturated heterocycles. The molecule has 0 aliphatic carbocycles. The van der Waals surface area contributed by atoms with Crippen molar-refractivity contribution in [2.45, 2.75) is 24.5 Å². The van der Waals surface area contributed by atoms with Crippen LogP contribution < -0.4 is 9.47 Å². The zero-order valence-electron chi connectivity index (χ0n) is 12.6. The van der Waals surface area contributed by atoms with Gasteiger partial charge in [0.25, 0.3) is 11.1 Å². The van der Waals surface area contributed by atoms with E-state index in [1.165, 1.54) is 11.8 Å². The Hall–Kier alpha value is -2.55. The second-order valence-corrected chi connectivity index (χ2v) is 5.36. The van der Waals surface area contributed by atoms with Crippen molar-refractivity contribution in [3.05, 3.63) is 41.9 Å². The molecule has 0 saturated carbocycles. The number of aryl methyl sites for hydroxylation is 1. The Labute approximate surface area is 136 Å². The van der Waals surface area contributed by atoms with E-state index in [1.807, 2.05) is 24.3 Å². The van der Waals surface area contributed by atoms with Crippen LogP contribution in [-0.2, 0) is 12.4 Å². The van der Waals surface area contributed by atoms with Crippen LogP contribution in [0.2, 0.25) is 0 Å². The molecule has 0 aliphatic heterocycles. The van der Waals surface area contributed by atoms with Crippen LogP contribution in [0.1, 0.15) is 17.7 Å². The van der Waals surface area contributed by atoms with Crippen LogP contribution in [0.4, 0.5) is 0 Å². The second-order valence-electron chi connectivity index (χ2n) is 4.43. The minimum atomic E-state index is 0.194. The summed E-state index contributed by atoms with van der Waals surface area (Å²) in [7, 11) is 1.61. The van der Waals surface area contributed by atoms with E-state index < -0.39 is 0 Å². The lowest BCUT2D eigenvalue weighted by molar-refractivity contribution is 0.252. The van der Waals surface area contributed by atoms with E-state index in [0.29, 0.717) is 34.4 Å². The van der Waals surface area contributed by atoms with E-state index in [1.54, 1.807) is 14.0 Å². The molecule has 2 aromatic heterocycles. The molecule has 0 bridgehead atoms. The first-order chi connectivity index (χ1) is 11.2. The lowest BCUT2D eigenvalue weighted by Gasteiger charge is -2.04. The highest BCUT2D eigenvalue weighted by atomic mass is 32.2. The van der Waals surface area contributed by atoms with E-state index in [4.69, 9.17) is 18.3 Å². The van der Waals surface area contributed by atoms with Crippen molar-refractivity contribution in [2.24, 2.45) is 0 Å². The van der Waals surface area contributed by atoms with Gasteiger partial charge in [-0.1, -0.05) is 11.8 Å². The summed E-state index contributed by atoms with van der Waals surface area (Å²) >= 11 is 1.33. The van der Waals surface area contributed by atoms with Gasteiger partial charge < -0.3 is 18.3 Å². The highest BCUT2D eigenvalue weighted by Gasteiger charge is 2.10. The largest absolute Gasteiger partial charge is 0.497 e. The zero-order chi connectivity index (χ0) is 16.1. The Balaban J connectivity index is 1.50. The number of methoxy groups -OCH3 is 1. The van der Waals surface area contributed by atoms with E-state index in [0.717, 1.165) is 5.75 Å². The number of aromatic nitrogens is 4. The molecule has 3 aromatic rings. The van der Waals surface area contributed by atoms with Gasteiger partial charge in [0.2, 0.25) is 11.8 Å². The highest BCUT2D eigenvalue weighted by Crippen LogP contribution is 2.22. The van der Waals surface area contributed by atoms with Gasteiger partial charge in [0.1, 0.15) is 11.5 Å². The third-order valence-corrected chi connectivity index (χ3v) is 3.56. The molecule has 0 atom stereocenters. The molecular weight excluding hydrogens is 320 g/mol. The third kappa shape index (κ3) is 4.22. The van der Waals surface area contributed by atoms with Crippen molar-refractivity contribution >= 4 is 11.8 Å². The van der Waals surface area contributed by atoms with E-state index in [9.17, 15) is 0 Å². The highest BCUT2D eigenvalue weighted by molar-refractivity contribution is 7.98. The molecule has 1 aromatic carbocycles. The first kappa shape index (κ1) is 15.3. The van der Waals surface area contributed by atoms with Crippen molar-refractivity contribution in [3.63, 3.8) is 0 Å². The third-order valence-electron chi connectivity index (χ3n) is 2.76. The number of rotatable bonds is 7. The molecule has 0 fully saturated rings. The molecule has 9 heteroatoms. The van der Waals surface area contributed by atoms with Gasteiger partial charge in [0, 0.05) is 6.92 Å². The average Bonchev–Trinajstić information content (AvgIpc) is 3.20. The van der Waals surface area contributed by atoms with Gasteiger partial charge in [0.05, 0.1) is 12.9 Å². The summed E-state index contributed by atoms with van der Waals surface area (Å²) in [6.45, 7) is 1.93. The summed E-state index contributed by atoms with van der Waals surface area (Å²) in [6, 6.07) is 7.25. The van der Waals surface area contributed by atoms with Crippen LogP contribution in [0, 0.1) is 6.92 Å². The molecule has 2 heterocycles. The molecule has 0 amide bonds. The molecule has 0 spiro atoms. The fourth-order valence-electron chi connectivity index (χ4n) is 1.69. The molecule has 3 rings (SSSR count). The standard InChI is InChI=1S/C14H14N4O4S/c1-9-15-17-13(21-9)8-23-14-18-16-12(22-14)7-20-11-5-3-10(19-2)4-6-11/h3-6H,7-8H2,1-2H3. The Bertz CT molecular complexity index is 756. The minimum Gasteiger partial charge on any atom is -0.497 e. The lowest BCUT2D eigenvalue weighted by Crippen LogP contribution is -1.95. The van der Waals surface area contributed by atoms with Crippen molar-refractivity contribution in [2.75, 3.05) is 7.11 Å². The van der Waals surface area contributed by atoms with Gasteiger partial charge in [0.15, 0.2) is 6.61 Å². The number of benzene rings is 1. The molecule has 0 radical (unpaired) electrons. The zero-order valence-corrected chi connectivity index (χ0v) is 13.4. The fourth-order valence-corrected chi connectivity index (χ4v) is 2.31. The van der Waals surface area contributed by atoms with Crippen molar-refractivity contribution in [1.82, 2.24) is 20.4 Å². The summed E-state index contributed by atoms with van der Waals surface area (Å²) in [4.78, 5) is 0. The Kier molecular flexibility index (Phi) is 4.77. The maximum absolute atomic E-state index is 5.57. The van der Waals surface area contributed by atoms with Crippen LogP contribution in [0.5, 0.6) is 11.5 Å².